The van der Waals surface area contributed by atoms with Gasteiger partial charge in [0.2, 0.25) is 5.91 Å². The summed E-state index contributed by atoms with van der Waals surface area (Å²) in [6.45, 7) is 2.53. The maximum atomic E-state index is 11.6. The second-order valence-electron chi connectivity index (χ2n) is 3.29. The number of hydrogen-bond acceptors (Lipinski definition) is 4. The Labute approximate surface area is 93.5 Å². The van der Waals surface area contributed by atoms with Crippen LogP contribution >= 0.6 is 0 Å². The van der Waals surface area contributed by atoms with Crippen LogP contribution < -0.4 is 0 Å². The summed E-state index contributed by atoms with van der Waals surface area (Å²) < 4.78 is 4.39. The average Bonchev–Trinajstić information content (AvgIpc) is 2.25. The lowest BCUT2D eigenvalue weighted by atomic mass is 10.1. The van der Waals surface area contributed by atoms with E-state index in [1.165, 1.54) is 28.0 Å². The third-order valence-corrected chi connectivity index (χ3v) is 2.14. The molecule has 0 fully saturated rings. The Morgan fingerprint density at radius 3 is 2.06 bits per heavy atom. The highest BCUT2D eigenvalue weighted by molar-refractivity contribution is 6.02. The van der Waals surface area contributed by atoms with Crippen molar-refractivity contribution in [3.63, 3.8) is 0 Å². The normalized spacial score (nSPS) is 11.5. The topological polar surface area (TPSA) is 83.9 Å². The van der Waals surface area contributed by atoms with E-state index in [1.54, 1.807) is 0 Å². The quantitative estimate of drug-likeness (QED) is 0.543. The van der Waals surface area contributed by atoms with Gasteiger partial charge in [-0.2, -0.15) is 0 Å². The van der Waals surface area contributed by atoms with Gasteiger partial charge in [-0.15, -0.1) is 0 Å². The van der Waals surface area contributed by atoms with Crippen LogP contribution in [0.2, 0.25) is 0 Å². The Morgan fingerprint density at radius 2 is 1.69 bits per heavy atom. The Kier molecular flexibility index (Phi) is 5.21. The molecule has 0 aliphatic carbocycles. The number of amides is 1. The largest absolute Gasteiger partial charge is 0.478 e. The van der Waals surface area contributed by atoms with Gasteiger partial charge in [0, 0.05) is 18.2 Å². The Morgan fingerprint density at radius 1 is 1.19 bits per heavy atom. The summed E-state index contributed by atoms with van der Waals surface area (Å²) >= 11 is 0. The minimum atomic E-state index is -1.16. The maximum Gasteiger partial charge on any atom is 0.331 e. The molecule has 0 heterocycles. The Balaban J connectivity index is 4.75. The zero-order chi connectivity index (χ0) is 12.9. The highest BCUT2D eigenvalue weighted by atomic mass is 16.5. The van der Waals surface area contributed by atoms with Crippen LogP contribution in [0.5, 0.6) is 0 Å². The number of esters is 1. The third kappa shape index (κ3) is 3.72. The molecule has 0 aromatic carbocycles. The van der Waals surface area contributed by atoms with Crippen molar-refractivity contribution in [1.29, 1.82) is 0 Å². The van der Waals surface area contributed by atoms with Crippen molar-refractivity contribution >= 4 is 17.8 Å². The summed E-state index contributed by atoms with van der Waals surface area (Å²) in [6.07, 6.45) is 0. The van der Waals surface area contributed by atoms with Gasteiger partial charge in [0.05, 0.1) is 7.11 Å². The van der Waals surface area contributed by atoms with Gasteiger partial charge in [-0.3, -0.25) is 9.59 Å². The molecule has 90 valence electrons. The Bertz CT molecular complexity index is 345. The van der Waals surface area contributed by atoms with Crippen molar-refractivity contribution in [2.75, 3.05) is 20.7 Å². The molecule has 6 heteroatoms. The van der Waals surface area contributed by atoms with E-state index in [0.29, 0.717) is 0 Å². The van der Waals surface area contributed by atoms with Crippen molar-refractivity contribution in [3.05, 3.63) is 11.1 Å². The SMILES string of the molecule is COC(=O)CN(C)C(=O)C(C)=C(C)C(=O)O. The van der Waals surface area contributed by atoms with Gasteiger partial charge in [-0.25, -0.2) is 4.79 Å². The van der Waals surface area contributed by atoms with Gasteiger partial charge in [0.25, 0.3) is 0 Å². The monoisotopic (exact) mass is 229 g/mol. The molecule has 0 aliphatic heterocycles. The third-order valence-electron chi connectivity index (χ3n) is 2.14. The number of nitrogens with zero attached hydrogens (tertiary/aromatic N) is 1. The van der Waals surface area contributed by atoms with Gasteiger partial charge in [0.15, 0.2) is 0 Å². The van der Waals surface area contributed by atoms with Crippen LogP contribution in [0.4, 0.5) is 0 Å². The molecule has 0 rings (SSSR count). The van der Waals surface area contributed by atoms with Crippen molar-refractivity contribution in [1.82, 2.24) is 4.90 Å². The molecular weight excluding hydrogens is 214 g/mol. The predicted molar refractivity (Wildman–Crippen MR) is 55.7 cm³/mol. The highest BCUT2D eigenvalue weighted by Gasteiger charge is 2.18. The lowest BCUT2D eigenvalue weighted by Gasteiger charge is -2.16. The van der Waals surface area contributed by atoms with E-state index in [0.717, 1.165) is 4.90 Å². The second-order valence-corrected chi connectivity index (χ2v) is 3.29. The summed E-state index contributed by atoms with van der Waals surface area (Å²) in [5, 5.41) is 8.69. The summed E-state index contributed by atoms with van der Waals surface area (Å²) in [5.41, 5.74) is 0.0561. The number of carbonyl (C=O) groups excluding carboxylic acids is 2. The maximum absolute atomic E-state index is 11.6. The zero-order valence-electron chi connectivity index (χ0n) is 9.73. The Hall–Kier alpha value is -1.85. The lowest BCUT2D eigenvalue weighted by molar-refractivity contribution is -0.145. The second kappa shape index (κ2) is 5.89. The summed E-state index contributed by atoms with van der Waals surface area (Å²) in [5.74, 6) is -2.22. The fourth-order valence-electron chi connectivity index (χ4n) is 0.937. The first kappa shape index (κ1) is 14.2. The minimum Gasteiger partial charge on any atom is -0.478 e. The first-order valence-electron chi connectivity index (χ1n) is 4.54. The van der Waals surface area contributed by atoms with E-state index in [1.807, 2.05) is 0 Å². The molecule has 16 heavy (non-hydrogen) atoms. The van der Waals surface area contributed by atoms with Gasteiger partial charge < -0.3 is 14.7 Å². The van der Waals surface area contributed by atoms with Crippen LogP contribution in [0.15, 0.2) is 11.1 Å². The van der Waals surface area contributed by atoms with Gasteiger partial charge in [0.1, 0.15) is 6.54 Å². The van der Waals surface area contributed by atoms with Crippen LogP contribution in [-0.2, 0) is 19.1 Å². The number of aliphatic carboxylic acids is 1. The van der Waals surface area contributed by atoms with E-state index >= 15 is 0 Å². The molecule has 0 atom stereocenters. The van der Waals surface area contributed by atoms with Gasteiger partial charge in [-0.05, 0) is 13.8 Å². The van der Waals surface area contributed by atoms with Crippen LogP contribution in [0.1, 0.15) is 13.8 Å². The van der Waals surface area contributed by atoms with E-state index in [-0.39, 0.29) is 17.7 Å². The summed E-state index contributed by atoms with van der Waals surface area (Å²) in [4.78, 5) is 34.3. The number of carbonyl (C=O) groups is 3. The number of hydrogen-bond donors (Lipinski definition) is 1. The molecule has 0 saturated heterocycles. The predicted octanol–water partition coefficient (Wildman–Crippen LogP) is 0.0388. The molecule has 0 bridgehead atoms. The first-order chi connectivity index (χ1) is 7.31. The molecule has 0 saturated carbocycles. The highest BCUT2D eigenvalue weighted by Crippen LogP contribution is 2.07. The van der Waals surface area contributed by atoms with Crippen molar-refractivity contribution in [2.24, 2.45) is 0 Å². The first-order valence-corrected chi connectivity index (χ1v) is 4.54. The summed E-state index contributed by atoms with van der Waals surface area (Å²) in [7, 11) is 2.61. The molecule has 1 N–H and O–H groups in total. The van der Waals surface area contributed by atoms with Gasteiger partial charge in [-0.1, -0.05) is 0 Å². The number of methoxy groups -OCH3 is 1. The molecule has 0 unspecified atom stereocenters. The molecule has 6 nitrogen and oxygen atoms in total. The van der Waals surface area contributed by atoms with Crippen LogP contribution in [-0.4, -0.2) is 48.6 Å². The molecule has 0 aliphatic rings. The molecular formula is C10H15NO5. The van der Waals surface area contributed by atoms with E-state index < -0.39 is 17.8 Å². The number of carboxylic acids is 1. The minimum absolute atomic E-state index is 0.0401. The fraction of sp³-hybridized carbons (Fsp3) is 0.500. The zero-order valence-corrected chi connectivity index (χ0v) is 9.73. The van der Waals surface area contributed by atoms with E-state index in [4.69, 9.17) is 5.11 Å². The number of likely N-dealkylation sites (N-methyl/N-ethyl adjacent to an activating group) is 1. The number of ether oxygens (including phenoxy) is 1. The van der Waals surface area contributed by atoms with Crippen molar-refractivity contribution in [3.8, 4) is 0 Å². The van der Waals surface area contributed by atoms with Crippen molar-refractivity contribution in [2.45, 2.75) is 13.8 Å². The van der Waals surface area contributed by atoms with Crippen LogP contribution in [0.25, 0.3) is 0 Å². The van der Waals surface area contributed by atoms with Crippen molar-refractivity contribution < 1.29 is 24.2 Å². The molecule has 0 aromatic heterocycles. The molecule has 1 amide bonds. The van der Waals surface area contributed by atoms with Crippen LogP contribution in [0.3, 0.4) is 0 Å². The smallest absolute Gasteiger partial charge is 0.331 e. The standard InChI is InChI=1S/C10H15NO5/c1-6(7(2)10(14)15)9(13)11(3)5-8(12)16-4/h5H2,1-4H3,(H,14,15). The number of rotatable bonds is 4. The average molecular weight is 229 g/mol. The van der Waals surface area contributed by atoms with E-state index in [2.05, 4.69) is 4.74 Å². The lowest BCUT2D eigenvalue weighted by Crippen LogP contribution is -2.33. The fourth-order valence-corrected chi connectivity index (χ4v) is 0.937. The molecule has 0 spiro atoms. The molecule has 0 radical (unpaired) electrons. The van der Waals surface area contributed by atoms with Gasteiger partial charge >= 0.3 is 11.9 Å². The number of carboxylic acid groups (broad SMARTS) is 1. The van der Waals surface area contributed by atoms with Crippen LogP contribution in [0, 0.1) is 0 Å². The molecule has 0 aromatic rings. The van der Waals surface area contributed by atoms with E-state index in [9.17, 15) is 14.4 Å². The summed E-state index contributed by atoms with van der Waals surface area (Å²) in [6, 6.07) is 0.